The molecule has 2 aromatic carbocycles. The molecule has 0 bridgehead atoms. The summed E-state index contributed by atoms with van der Waals surface area (Å²) in [6.07, 6.45) is 4.69. The van der Waals surface area contributed by atoms with Crippen LogP contribution in [0, 0.1) is 0 Å². The Morgan fingerprint density at radius 2 is 1.88 bits per heavy atom. The molecule has 1 unspecified atom stereocenters. The molecule has 3 rings (SSSR count). The summed E-state index contributed by atoms with van der Waals surface area (Å²) in [6, 6.07) is 13.0. The fraction of sp³-hybridized carbons (Fsp3) is 0.100. The number of hydrogen-bond donors (Lipinski definition) is 3. The maximum atomic E-state index is 12.0. The number of nitrogens with two attached hydrogens (primary N) is 1. The molecule has 26 heavy (non-hydrogen) atoms. The van der Waals surface area contributed by atoms with Crippen LogP contribution in [0.25, 0.3) is 17.0 Å². The van der Waals surface area contributed by atoms with Gasteiger partial charge in [-0.1, -0.05) is 30.3 Å². The number of ether oxygens (including phenoxy) is 1. The largest absolute Gasteiger partial charge is 0.508 e. The summed E-state index contributed by atoms with van der Waals surface area (Å²) in [5.41, 5.74) is 8.41. The van der Waals surface area contributed by atoms with Gasteiger partial charge in [-0.2, -0.15) is 0 Å². The minimum atomic E-state index is -0.944. The van der Waals surface area contributed by atoms with Gasteiger partial charge in [-0.25, -0.2) is 9.59 Å². The first-order valence-corrected chi connectivity index (χ1v) is 8.06. The van der Waals surface area contributed by atoms with E-state index < -0.39 is 18.0 Å². The summed E-state index contributed by atoms with van der Waals surface area (Å²) in [4.78, 5) is 26.9. The zero-order valence-electron chi connectivity index (χ0n) is 13.9. The normalized spacial score (nSPS) is 12.3. The predicted molar refractivity (Wildman–Crippen MR) is 98.2 cm³/mol. The molecule has 0 radical (unpaired) electrons. The van der Waals surface area contributed by atoms with Crippen LogP contribution in [-0.2, 0) is 20.7 Å². The summed E-state index contributed by atoms with van der Waals surface area (Å²) in [5.74, 6) is -1.45. The topological polar surface area (TPSA) is 105 Å². The van der Waals surface area contributed by atoms with Gasteiger partial charge in [0.2, 0.25) is 0 Å². The molecule has 1 atom stereocenters. The Bertz CT molecular complexity index is 957. The third kappa shape index (κ3) is 4.17. The monoisotopic (exact) mass is 350 g/mol. The van der Waals surface area contributed by atoms with E-state index in [2.05, 4.69) is 4.98 Å². The summed E-state index contributed by atoms with van der Waals surface area (Å²) in [5, 5.41) is 10.2. The van der Waals surface area contributed by atoms with Gasteiger partial charge in [0.1, 0.15) is 11.8 Å². The summed E-state index contributed by atoms with van der Waals surface area (Å²) in [6.45, 7) is 0. The highest BCUT2D eigenvalue weighted by Gasteiger charge is 2.19. The van der Waals surface area contributed by atoms with E-state index in [4.69, 9.17) is 10.5 Å². The van der Waals surface area contributed by atoms with E-state index in [1.165, 1.54) is 18.2 Å². The van der Waals surface area contributed by atoms with E-state index in [-0.39, 0.29) is 12.2 Å². The van der Waals surface area contributed by atoms with E-state index in [1.807, 2.05) is 24.3 Å². The van der Waals surface area contributed by atoms with Gasteiger partial charge in [0.15, 0.2) is 0 Å². The second-order valence-corrected chi connectivity index (χ2v) is 5.84. The average molecular weight is 350 g/mol. The Labute approximate surface area is 149 Å². The van der Waals surface area contributed by atoms with Crippen molar-refractivity contribution in [3.63, 3.8) is 0 Å². The molecule has 3 aromatic rings. The van der Waals surface area contributed by atoms with Gasteiger partial charge >= 0.3 is 11.9 Å². The number of aromatic hydroxyl groups is 1. The van der Waals surface area contributed by atoms with Gasteiger partial charge in [0, 0.05) is 29.6 Å². The molecule has 132 valence electrons. The third-order valence-electron chi connectivity index (χ3n) is 3.92. The molecule has 6 nitrogen and oxygen atoms in total. The predicted octanol–water partition coefficient (Wildman–Crippen LogP) is 2.53. The number of nitrogens with one attached hydrogen (secondary N) is 1. The first-order valence-electron chi connectivity index (χ1n) is 8.06. The smallest absolute Gasteiger partial charge is 0.338 e. The molecule has 4 N–H and O–H groups in total. The number of rotatable bonds is 5. The molecule has 0 aliphatic heterocycles. The fourth-order valence-electron chi connectivity index (χ4n) is 2.58. The Kier molecular flexibility index (Phi) is 5.15. The van der Waals surface area contributed by atoms with Crippen molar-refractivity contribution in [1.82, 2.24) is 4.98 Å². The van der Waals surface area contributed by atoms with Gasteiger partial charge in [-0.3, -0.25) is 0 Å². The van der Waals surface area contributed by atoms with Gasteiger partial charge < -0.3 is 20.6 Å². The number of aromatic amines is 1. The van der Waals surface area contributed by atoms with Crippen molar-refractivity contribution in [2.75, 3.05) is 0 Å². The van der Waals surface area contributed by atoms with Crippen LogP contribution in [0.3, 0.4) is 0 Å². The molecule has 0 aliphatic carbocycles. The van der Waals surface area contributed by atoms with Crippen LogP contribution in [0.4, 0.5) is 0 Å². The Balaban J connectivity index is 1.58. The molecule has 0 saturated carbocycles. The summed E-state index contributed by atoms with van der Waals surface area (Å²) in [7, 11) is 0. The molecule has 0 spiro atoms. The highest BCUT2D eigenvalue weighted by molar-refractivity contribution is 5.96. The number of benzene rings is 2. The minimum absolute atomic E-state index is 0.128. The molecule has 1 heterocycles. The Hall–Kier alpha value is -3.38. The van der Waals surface area contributed by atoms with E-state index in [1.54, 1.807) is 18.3 Å². The van der Waals surface area contributed by atoms with Crippen LogP contribution in [0.15, 0.2) is 60.8 Å². The molecule has 1 aromatic heterocycles. The van der Waals surface area contributed by atoms with E-state index >= 15 is 0 Å². The highest BCUT2D eigenvalue weighted by atomic mass is 16.6. The van der Waals surface area contributed by atoms with E-state index in [0.29, 0.717) is 5.56 Å². The van der Waals surface area contributed by atoms with Crippen molar-refractivity contribution in [2.45, 2.75) is 12.5 Å². The van der Waals surface area contributed by atoms with Crippen LogP contribution in [0.1, 0.15) is 11.1 Å². The van der Waals surface area contributed by atoms with Gasteiger partial charge in [0.05, 0.1) is 0 Å². The molecule has 0 saturated heterocycles. The Morgan fingerprint density at radius 3 is 2.65 bits per heavy atom. The zero-order valence-corrected chi connectivity index (χ0v) is 13.9. The van der Waals surface area contributed by atoms with Gasteiger partial charge in [-0.15, -0.1) is 0 Å². The van der Waals surface area contributed by atoms with Crippen molar-refractivity contribution in [1.29, 1.82) is 0 Å². The van der Waals surface area contributed by atoms with Crippen LogP contribution in [-0.4, -0.2) is 28.1 Å². The Morgan fingerprint density at radius 1 is 1.15 bits per heavy atom. The van der Waals surface area contributed by atoms with Crippen molar-refractivity contribution in [3.05, 3.63) is 71.9 Å². The molecular formula is C20H18N2O4. The number of hydrogen-bond acceptors (Lipinski definition) is 5. The van der Waals surface area contributed by atoms with Crippen LogP contribution >= 0.6 is 0 Å². The number of fused-ring (bicyclic) bond motifs is 1. The lowest BCUT2D eigenvalue weighted by Gasteiger charge is -2.08. The van der Waals surface area contributed by atoms with Gasteiger partial charge in [0.25, 0.3) is 0 Å². The number of carbonyl (C=O) groups is 2. The van der Waals surface area contributed by atoms with Gasteiger partial charge in [-0.05, 0) is 35.4 Å². The maximum Gasteiger partial charge on any atom is 0.338 e. The number of esters is 2. The summed E-state index contributed by atoms with van der Waals surface area (Å²) >= 11 is 0. The molecule has 0 amide bonds. The molecule has 6 heteroatoms. The second-order valence-electron chi connectivity index (χ2n) is 5.84. The van der Waals surface area contributed by atoms with Crippen LogP contribution in [0.5, 0.6) is 5.75 Å². The molecule has 0 aliphatic rings. The quantitative estimate of drug-likeness (QED) is 0.372. The fourth-order valence-corrected chi connectivity index (χ4v) is 2.58. The number of aromatic nitrogens is 1. The van der Waals surface area contributed by atoms with Crippen LogP contribution < -0.4 is 5.73 Å². The zero-order chi connectivity index (χ0) is 18.5. The van der Waals surface area contributed by atoms with E-state index in [0.717, 1.165) is 22.5 Å². The number of phenolic OH excluding ortho intramolecular Hbond substituents is 1. The SMILES string of the molecule is NC(Cc1c[nH]c2ccccc12)C(=O)OC(=O)C=Cc1ccc(O)cc1. The lowest BCUT2D eigenvalue weighted by molar-refractivity contribution is -0.157. The van der Waals surface area contributed by atoms with Crippen molar-refractivity contribution < 1.29 is 19.4 Å². The highest BCUT2D eigenvalue weighted by Crippen LogP contribution is 2.19. The van der Waals surface area contributed by atoms with Crippen LogP contribution in [0.2, 0.25) is 0 Å². The molecule has 0 fully saturated rings. The molecular weight excluding hydrogens is 332 g/mol. The number of para-hydroxylation sites is 1. The van der Waals surface area contributed by atoms with Crippen molar-refractivity contribution in [2.24, 2.45) is 5.73 Å². The standard InChI is InChI=1S/C20H18N2O4/c21-17(11-14-12-22-18-4-2-1-3-16(14)18)20(25)26-19(24)10-7-13-5-8-15(23)9-6-13/h1-10,12,17,22-23H,11,21H2. The number of phenols is 1. The number of carbonyl (C=O) groups excluding carboxylic acids is 2. The minimum Gasteiger partial charge on any atom is -0.508 e. The second kappa shape index (κ2) is 7.67. The maximum absolute atomic E-state index is 12.0. The van der Waals surface area contributed by atoms with Crippen molar-refractivity contribution in [3.8, 4) is 5.75 Å². The lowest BCUT2D eigenvalue weighted by Crippen LogP contribution is -2.35. The first kappa shape index (κ1) is 17.4. The van der Waals surface area contributed by atoms with E-state index in [9.17, 15) is 14.7 Å². The lowest BCUT2D eigenvalue weighted by atomic mass is 10.1. The first-order chi connectivity index (χ1) is 12.5. The average Bonchev–Trinajstić information content (AvgIpc) is 3.04. The van der Waals surface area contributed by atoms with Crippen molar-refractivity contribution >= 4 is 28.9 Å². The third-order valence-corrected chi connectivity index (χ3v) is 3.92. The summed E-state index contributed by atoms with van der Waals surface area (Å²) < 4.78 is 4.77. The number of H-pyrrole nitrogens is 1.